The number of rotatable bonds is 3. The van der Waals surface area contributed by atoms with Crippen LogP contribution in [0.25, 0.3) is 11.1 Å². The molecule has 0 atom stereocenters. The average Bonchev–Trinajstić information content (AvgIpc) is 2.30. The highest BCUT2D eigenvalue weighted by molar-refractivity contribution is 5.70. The van der Waals surface area contributed by atoms with Gasteiger partial charge in [0.05, 0.1) is 0 Å². The molecule has 1 heterocycles. The molecule has 2 aromatic rings. The zero-order valence-electron chi connectivity index (χ0n) is 10.9. The van der Waals surface area contributed by atoms with Crippen molar-refractivity contribution in [2.45, 2.75) is 20.3 Å². The van der Waals surface area contributed by atoms with E-state index in [0.29, 0.717) is 12.4 Å². The molecule has 3 nitrogen and oxygen atoms in total. The Morgan fingerprint density at radius 3 is 2.33 bits per heavy atom. The molecule has 0 aliphatic carbocycles. The summed E-state index contributed by atoms with van der Waals surface area (Å²) in [5.41, 5.74) is 17.0. The van der Waals surface area contributed by atoms with Crippen molar-refractivity contribution in [3.63, 3.8) is 0 Å². The minimum Gasteiger partial charge on any atom is -0.384 e. The van der Waals surface area contributed by atoms with Crippen LogP contribution < -0.4 is 11.5 Å². The highest BCUT2D eigenvalue weighted by Gasteiger charge is 2.07. The third kappa shape index (κ3) is 2.51. The summed E-state index contributed by atoms with van der Waals surface area (Å²) >= 11 is 0. The second kappa shape index (κ2) is 5.19. The lowest BCUT2D eigenvalue weighted by atomic mass is 9.98. The van der Waals surface area contributed by atoms with Gasteiger partial charge in [-0.3, -0.25) is 0 Å². The topological polar surface area (TPSA) is 64.9 Å². The van der Waals surface area contributed by atoms with Crippen molar-refractivity contribution in [2.75, 3.05) is 12.3 Å². The Kier molecular flexibility index (Phi) is 3.63. The third-order valence-electron chi connectivity index (χ3n) is 3.09. The maximum atomic E-state index is 5.75. The monoisotopic (exact) mass is 241 g/mol. The Morgan fingerprint density at radius 1 is 1.11 bits per heavy atom. The van der Waals surface area contributed by atoms with Gasteiger partial charge in [-0.15, -0.1) is 0 Å². The van der Waals surface area contributed by atoms with Gasteiger partial charge in [0.25, 0.3) is 0 Å². The van der Waals surface area contributed by atoms with Gasteiger partial charge in [-0.2, -0.15) is 0 Å². The predicted molar refractivity (Wildman–Crippen MR) is 76.3 cm³/mol. The van der Waals surface area contributed by atoms with Gasteiger partial charge in [-0.25, -0.2) is 4.98 Å². The fraction of sp³-hybridized carbons (Fsp3) is 0.267. The molecule has 0 saturated heterocycles. The molecule has 18 heavy (non-hydrogen) atoms. The lowest BCUT2D eigenvalue weighted by molar-refractivity contribution is 0.969. The molecule has 0 radical (unpaired) electrons. The maximum absolute atomic E-state index is 5.75. The molecule has 4 N–H and O–H groups in total. The van der Waals surface area contributed by atoms with Crippen LogP contribution in [0.1, 0.15) is 16.8 Å². The molecule has 1 aromatic carbocycles. The standard InChI is InChI=1S/C15H19N3/c1-10-9-14(17)18-11(2)15(10)13-5-3-12(4-6-13)7-8-16/h3-6,9H,7-8,16H2,1-2H3,(H2,17,18). The number of hydrogen-bond acceptors (Lipinski definition) is 3. The maximum Gasteiger partial charge on any atom is 0.123 e. The average molecular weight is 241 g/mol. The normalized spacial score (nSPS) is 10.6. The van der Waals surface area contributed by atoms with Crippen molar-refractivity contribution in [1.82, 2.24) is 4.98 Å². The highest BCUT2D eigenvalue weighted by atomic mass is 14.8. The Bertz CT molecular complexity index is 521. The molecular weight excluding hydrogens is 222 g/mol. The van der Waals surface area contributed by atoms with Crippen LogP contribution in [0.15, 0.2) is 30.3 Å². The van der Waals surface area contributed by atoms with E-state index in [-0.39, 0.29) is 0 Å². The third-order valence-corrected chi connectivity index (χ3v) is 3.09. The van der Waals surface area contributed by atoms with Crippen molar-refractivity contribution in [3.8, 4) is 11.1 Å². The minimum atomic E-state index is 0.577. The summed E-state index contributed by atoms with van der Waals surface area (Å²) in [6.07, 6.45) is 0.915. The number of hydrogen-bond donors (Lipinski definition) is 2. The molecule has 0 spiro atoms. The smallest absolute Gasteiger partial charge is 0.123 e. The van der Waals surface area contributed by atoms with Gasteiger partial charge in [0.15, 0.2) is 0 Å². The molecule has 1 aromatic heterocycles. The molecule has 0 saturated carbocycles. The molecule has 0 aliphatic heterocycles. The van der Waals surface area contributed by atoms with Gasteiger partial charge >= 0.3 is 0 Å². The highest BCUT2D eigenvalue weighted by Crippen LogP contribution is 2.27. The van der Waals surface area contributed by atoms with E-state index in [2.05, 4.69) is 36.2 Å². The van der Waals surface area contributed by atoms with Crippen LogP contribution in [0.4, 0.5) is 5.82 Å². The van der Waals surface area contributed by atoms with Gasteiger partial charge in [0.1, 0.15) is 5.82 Å². The summed E-state index contributed by atoms with van der Waals surface area (Å²) in [5.74, 6) is 0.577. The van der Waals surface area contributed by atoms with E-state index in [1.807, 2.05) is 13.0 Å². The van der Waals surface area contributed by atoms with Gasteiger partial charge in [-0.1, -0.05) is 24.3 Å². The lowest BCUT2D eigenvalue weighted by Gasteiger charge is -2.11. The van der Waals surface area contributed by atoms with Gasteiger partial charge in [-0.05, 0) is 49.6 Å². The van der Waals surface area contributed by atoms with Crippen LogP contribution in [-0.2, 0) is 6.42 Å². The molecule has 94 valence electrons. The number of benzene rings is 1. The first kappa shape index (κ1) is 12.6. The Morgan fingerprint density at radius 2 is 1.78 bits per heavy atom. The van der Waals surface area contributed by atoms with Crippen LogP contribution in [0.5, 0.6) is 0 Å². The summed E-state index contributed by atoms with van der Waals surface area (Å²) in [5, 5.41) is 0. The zero-order valence-corrected chi connectivity index (χ0v) is 10.9. The predicted octanol–water partition coefficient (Wildman–Crippen LogP) is 2.45. The first-order valence-corrected chi connectivity index (χ1v) is 6.15. The summed E-state index contributed by atoms with van der Waals surface area (Å²) in [6.45, 7) is 4.74. The largest absolute Gasteiger partial charge is 0.384 e. The van der Waals surface area contributed by atoms with E-state index in [1.165, 1.54) is 16.7 Å². The van der Waals surface area contributed by atoms with Crippen molar-refractivity contribution in [3.05, 3.63) is 47.2 Å². The van der Waals surface area contributed by atoms with Crippen LogP contribution >= 0.6 is 0 Å². The number of nitrogen functional groups attached to an aromatic ring is 1. The molecule has 0 fully saturated rings. The lowest BCUT2D eigenvalue weighted by Crippen LogP contribution is -2.02. The Labute approximate surface area is 108 Å². The summed E-state index contributed by atoms with van der Waals surface area (Å²) in [7, 11) is 0. The van der Waals surface area contributed by atoms with E-state index >= 15 is 0 Å². The molecule has 0 unspecified atom stereocenters. The molecule has 3 heteroatoms. The van der Waals surface area contributed by atoms with Crippen molar-refractivity contribution >= 4 is 5.82 Å². The summed E-state index contributed by atoms with van der Waals surface area (Å²) in [4.78, 5) is 4.33. The molecule has 0 bridgehead atoms. The number of aromatic nitrogens is 1. The quantitative estimate of drug-likeness (QED) is 0.867. The second-order valence-electron chi connectivity index (χ2n) is 4.56. The van der Waals surface area contributed by atoms with Crippen molar-refractivity contribution in [2.24, 2.45) is 5.73 Å². The van der Waals surface area contributed by atoms with E-state index in [4.69, 9.17) is 11.5 Å². The SMILES string of the molecule is Cc1cc(N)nc(C)c1-c1ccc(CCN)cc1. The fourth-order valence-electron chi connectivity index (χ4n) is 2.30. The number of aryl methyl sites for hydroxylation is 2. The van der Waals surface area contributed by atoms with Crippen molar-refractivity contribution < 1.29 is 0 Å². The van der Waals surface area contributed by atoms with Crippen LogP contribution in [0.2, 0.25) is 0 Å². The molecular formula is C15H19N3. The van der Waals surface area contributed by atoms with Crippen molar-refractivity contribution in [1.29, 1.82) is 0 Å². The van der Waals surface area contributed by atoms with E-state index in [1.54, 1.807) is 0 Å². The van der Waals surface area contributed by atoms with E-state index < -0.39 is 0 Å². The molecule has 0 amide bonds. The van der Waals surface area contributed by atoms with Crippen LogP contribution in [0.3, 0.4) is 0 Å². The second-order valence-corrected chi connectivity index (χ2v) is 4.56. The number of nitrogens with two attached hydrogens (primary N) is 2. The van der Waals surface area contributed by atoms with Gasteiger partial charge in [0, 0.05) is 11.3 Å². The molecule has 0 aliphatic rings. The first-order valence-electron chi connectivity index (χ1n) is 6.15. The zero-order chi connectivity index (χ0) is 13.1. The minimum absolute atomic E-state index is 0.577. The Hall–Kier alpha value is -1.87. The number of pyridine rings is 1. The van der Waals surface area contributed by atoms with Gasteiger partial charge < -0.3 is 11.5 Å². The fourth-order valence-corrected chi connectivity index (χ4v) is 2.30. The van der Waals surface area contributed by atoms with Gasteiger partial charge in [0.2, 0.25) is 0 Å². The molecule has 2 rings (SSSR count). The van der Waals surface area contributed by atoms with Crippen LogP contribution in [-0.4, -0.2) is 11.5 Å². The van der Waals surface area contributed by atoms with E-state index in [9.17, 15) is 0 Å². The number of nitrogens with zero attached hydrogens (tertiary/aromatic N) is 1. The first-order chi connectivity index (χ1) is 8.61. The number of anilines is 1. The summed E-state index contributed by atoms with van der Waals surface area (Å²) < 4.78 is 0. The van der Waals surface area contributed by atoms with Crippen LogP contribution in [0, 0.1) is 13.8 Å². The summed E-state index contributed by atoms with van der Waals surface area (Å²) in [6, 6.07) is 10.4. The Balaban J connectivity index is 2.42. The van der Waals surface area contributed by atoms with E-state index in [0.717, 1.165) is 17.7 Å².